The number of amides is 1. The van der Waals surface area contributed by atoms with Gasteiger partial charge < -0.3 is 21.7 Å². The topological polar surface area (TPSA) is 161 Å². The minimum absolute atomic E-state index is 0.310. The summed E-state index contributed by atoms with van der Waals surface area (Å²) in [5, 5.41) is 15.7. The van der Waals surface area contributed by atoms with Crippen LogP contribution in [0.2, 0.25) is 0 Å². The lowest BCUT2D eigenvalue weighted by atomic mass is 10.2. The minimum atomic E-state index is -1.38. The maximum absolute atomic E-state index is 9.99. The standard InChI is InChI=1S/C4H8N2O3.C3H4O3/c5-2(4(8)9)1-3(6)7;1-2(4)3(5)6/h2H,1,5H2,(H2,6,7)(H,8,9);1H3,(H,5,6)/t2-;/m0./s1. The Hall–Kier alpha value is -1.96. The maximum atomic E-state index is 9.99. The highest BCUT2D eigenvalue weighted by atomic mass is 16.4. The molecule has 1 amide bonds. The molecule has 0 aliphatic heterocycles. The summed E-state index contributed by atoms with van der Waals surface area (Å²) in [7, 11) is 0. The number of carboxylic acids is 2. The summed E-state index contributed by atoms with van der Waals surface area (Å²) in [6, 6.07) is -1.16. The number of hydrogen-bond donors (Lipinski definition) is 4. The fourth-order valence-electron chi connectivity index (χ4n) is 0.304. The molecule has 0 bridgehead atoms. The second-order valence-corrected chi connectivity index (χ2v) is 2.48. The Bertz CT molecular complexity index is 263. The van der Waals surface area contributed by atoms with E-state index in [4.69, 9.17) is 15.9 Å². The highest BCUT2D eigenvalue weighted by Gasteiger charge is 2.13. The van der Waals surface area contributed by atoms with Crippen LogP contribution in [0.4, 0.5) is 0 Å². The van der Waals surface area contributed by atoms with Crippen molar-refractivity contribution in [2.45, 2.75) is 19.4 Å². The predicted octanol–water partition coefficient (Wildman–Crippen LogP) is -2.07. The van der Waals surface area contributed by atoms with E-state index < -0.39 is 29.7 Å². The van der Waals surface area contributed by atoms with Crippen molar-refractivity contribution in [1.82, 2.24) is 0 Å². The van der Waals surface area contributed by atoms with Crippen LogP contribution in [0.1, 0.15) is 13.3 Å². The molecule has 0 rings (SSSR count). The van der Waals surface area contributed by atoms with E-state index in [9.17, 15) is 19.2 Å². The number of nitrogens with two attached hydrogens (primary N) is 2. The molecule has 0 aromatic rings. The Morgan fingerprint density at radius 1 is 1.20 bits per heavy atom. The predicted molar refractivity (Wildman–Crippen MR) is 47.7 cm³/mol. The number of Topliss-reactive ketones (excluding diaryl/α,β-unsaturated/α-hetero) is 1. The molecule has 0 aromatic carbocycles. The van der Waals surface area contributed by atoms with Crippen LogP contribution in [-0.2, 0) is 19.2 Å². The first-order valence-corrected chi connectivity index (χ1v) is 3.69. The summed E-state index contributed by atoms with van der Waals surface area (Å²) in [5.41, 5.74) is 9.57. The van der Waals surface area contributed by atoms with E-state index in [1.807, 2.05) is 0 Å². The first kappa shape index (κ1) is 15.5. The van der Waals surface area contributed by atoms with E-state index in [1.165, 1.54) is 0 Å². The Kier molecular flexibility index (Phi) is 7.70. The van der Waals surface area contributed by atoms with E-state index in [0.717, 1.165) is 6.92 Å². The average molecular weight is 220 g/mol. The molecule has 0 aliphatic carbocycles. The zero-order chi connectivity index (χ0) is 12.6. The van der Waals surface area contributed by atoms with E-state index in [1.54, 1.807) is 0 Å². The van der Waals surface area contributed by atoms with Crippen molar-refractivity contribution in [3.63, 3.8) is 0 Å². The van der Waals surface area contributed by atoms with Gasteiger partial charge in [0.15, 0.2) is 0 Å². The van der Waals surface area contributed by atoms with Crippen LogP contribution in [0, 0.1) is 0 Å². The summed E-state index contributed by atoms with van der Waals surface area (Å²) in [4.78, 5) is 38.8. The molecular weight excluding hydrogens is 208 g/mol. The van der Waals surface area contributed by atoms with Crippen molar-refractivity contribution in [3.8, 4) is 0 Å². The van der Waals surface area contributed by atoms with Crippen molar-refractivity contribution < 1.29 is 29.4 Å². The number of aliphatic carboxylic acids is 2. The number of carboxylic acid groups (broad SMARTS) is 2. The number of ketones is 1. The molecule has 0 saturated heterocycles. The molecule has 0 unspecified atom stereocenters. The van der Waals surface area contributed by atoms with Gasteiger partial charge in [-0.25, -0.2) is 4.79 Å². The van der Waals surface area contributed by atoms with Crippen molar-refractivity contribution >= 4 is 23.6 Å². The van der Waals surface area contributed by atoms with Gasteiger partial charge in [-0.15, -0.1) is 0 Å². The lowest BCUT2D eigenvalue weighted by Gasteiger charge is -1.99. The molecule has 0 spiro atoms. The van der Waals surface area contributed by atoms with Gasteiger partial charge in [0.05, 0.1) is 6.42 Å². The Morgan fingerprint density at radius 3 is 1.60 bits per heavy atom. The number of hydrogen-bond acceptors (Lipinski definition) is 5. The van der Waals surface area contributed by atoms with Gasteiger partial charge in [0.2, 0.25) is 11.7 Å². The lowest BCUT2D eigenvalue weighted by Crippen LogP contribution is -2.34. The van der Waals surface area contributed by atoms with Crippen molar-refractivity contribution in [2.24, 2.45) is 11.5 Å². The van der Waals surface area contributed by atoms with Crippen molar-refractivity contribution in [1.29, 1.82) is 0 Å². The van der Waals surface area contributed by atoms with Crippen LogP contribution in [-0.4, -0.2) is 39.9 Å². The number of carbonyl (C=O) groups is 4. The molecule has 86 valence electrons. The normalized spacial score (nSPS) is 10.5. The van der Waals surface area contributed by atoms with Gasteiger partial charge in [0, 0.05) is 6.92 Å². The summed E-state index contributed by atoms with van der Waals surface area (Å²) < 4.78 is 0. The smallest absolute Gasteiger partial charge is 0.371 e. The van der Waals surface area contributed by atoms with Gasteiger partial charge in [-0.05, 0) is 0 Å². The Labute approximate surface area is 84.8 Å². The monoisotopic (exact) mass is 220 g/mol. The number of rotatable bonds is 4. The van der Waals surface area contributed by atoms with Gasteiger partial charge in [0.25, 0.3) is 0 Å². The summed E-state index contributed by atoms with van der Waals surface area (Å²) in [5.74, 6) is -4.12. The van der Waals surface area contributed by atoms with Crippen molar-refractivity contribution in [2.75, 3.05) is 0 Å². The van der Waals surface area contributed by atoms with Crippen LogP contribution in [0.5, 0.6) is 0 Å². The summed E-state index contributed by atoms with van der Waals surface area (Å²) >= 11 is 0. The van der Waals surface area contributed by atoms with E-state index in [-0.39, 0.29) is 6.42 Å². The fourth-order valence-corrected chi connectivity index (χ4v) is 0.304. The fraction of sp³-hybridized carbons (Fsp3) is 0.429. The second-order valence-electron chi connectivity index (χ2n) is 2.48. The average Bonchev–Trinajstić information content (AvgIpc) is 2.03. The van der Waals surface area contributed by atoms with Gasteiger partial charge in [-0.2, -0.15) is 0 Å². The molecule has 15 heavy (non-hydrogen) atoms. The molecule has 0 fully saturated rings. The number of carbonyl (C=O) groups excluding carboxylic acids is 2. The lowest BCUT2D eigenvalue weighted by molar-refractivity contribution is -0.148. The Balaban J connectivity index is 0. The Morgan fingerprint density at radius 2 is 1.53 bits per heavy atom. The van der Waals surface area contributed by atoms with Crippen LogP contribution in [0.25, 0.3) is 0 Å². The molecule has 0 aromatic heterocycles. The largest absolute Gasteiger partial charge is 0.480 e. The zero-order valence-electron chi connectivity index (χ0n) is 7.97. The van der Waals surface area contributed by atoms with Crippen molar-refractivity contribution in [3.05, 3.63) is 0 Å². The van der Waals surface area contributed by atoms with E-state index >= 15 is 0 Å². The van der Waals surface area contributed by atoms with Gasteiger partial charge in [-0.1, -0.05) is 0 Å². The summed E-state index contributed by atoms with van der Waals surface area (Å²) in [6.07, 6.45) is -0.310. The van der Waals surface area contributed by atoms with Gasteiger partial charge in [-0.3, -0.25) is 14.4 Å². The minimum Gasteiger partial charge on any atom is -0.480 e. The molecule has 0 aliphatic rings. The first-order valence-electron chi connectivity index (χ1n) is 3.69. The highest BCUT2D eigenvalue weighted by molar-refractivity contribution is 6.31. The third kappa shape index (κ3) is 12.0. The third-order valence-corrected chi connectivity index (χ3v) is 1.04. The van der Waals surface area contributed by atoms with Crippen LogP contribution < -0.4 is 11.5 Å². The number of primary amides is 1. The van der Waals surface area contributed by atoms with Gasteiger partial charge in [0.1, 0.15) is 6.04 Å². The molecule has 0 radical (unpaired) electrons. The molecule has 1 atom stereocenters. The highest BCUT2D eigenvalue weighted by Crippen LogP contribution is 1.84. The van der Waals surface area contributed by atoms with Gasteiger partial charge >= 0.3 is 11.9 Å². The van der Waals surface area contributed by atoms with E-state index in [0.29, 0.717) is 0 Å². The molecule has 6 N–H and O–H groups in total. The molecule has 0 heterocycles. The van der Waals surface area contributed by atoms with Crippen LogP contribution >= 0.6 is 0 Å². The molecule has 8 nitrogen and oxygen atoms in total. The molecule has 0 saturated carbocycles. The van der Waals surface area contributed by atoms with E-state index in [2.05, 4.69) is 5.73 Å². The summed E-state index contributed by atoms with van der Waals surface area (Å²) in [6.45, 7) is 1.00. The molecule has 8 heteroatoms. The zero-order valence-corrected chi connectivity index (χ0v) is 7.97. The van der Waals surface area contributed by atoms with Crippen LogP contribution in [0.15, 0.2) is 0 Å². The maximum Gasteiger partial charge on any atom is 0.371 e. The first-order chi connectivity index (χ1) is 6.68. The quantitative estimate of drug-likeness (QED) is 0.395. The molecular formula is C7H12N2O6. The third-order valence-electron chi connectivity index (χ3n) is 1.04. The SMILES string of the molecule is CC(=O)C(=O)O.NC(=O)C[C@H](N)C(=O)O. The second kappa shape index (κ2) is 7.44. The van der Waals surface area contributed by atoms with Crippen LogP contribution in [0.3, 0.4) is 0 Å².